The Kier molecular flexibility index (Phi) is 15.6. The molecule has 0 rings (SSSR count). The molecule has 0 aliphatic carbocycles. The molecule has 2 N–H and O–H groups in total. The van der Waals surface area contributed by atoms with E-state index in [0.717, 1.165) is 6.54 Å². The number of carbonyl (C=O) groups excluding carboxylic acids is 1. The zero-order valence-electron chi connectivity index (χ0n) is 9.14. The second-order valence-electron chi connectivity index (χ2n) is 2.02. The topological polar surface area (TPSA) is 50.4 Å². The normalized spacial score (nSPS) is 8.31. The molecule has 0 bridgehead atoms. The van der Waals surface area contributed by atoms with E-state index in [1.54, 1.807) is 0 Å². The highest BCUT2D eigenvalue weighted by atomic mass is 16.5. The summed E-state index contributed by atoms with van der Waals surface area (Å²) >= 11 is 0. The van der Waals surface area contributed by atoms with Crippen molar-refractivity contribution in [3.05, 3.63) is 0 Å². The molecule has 0 unspecified atom stereocenters. The van der Waals surface area contributed by atoms with Crippen LogP contribution in [0.2, 0.25) is 0 Å². The van der Waals surface area contributed by atoms with Crippen LogP contribution in [0, 0.1) is 0 Å². The van der Waals surface area contributed by atoms with Crippen LogP contribution in [-0.2, 0) is 4.74 Å². The van der Waals surface area contributed by atoms with Gasteiger partial charge >= 0.3 is 6.09 Å². The molecule has 0 radical (unpaired) electrons. The fourth-order valence-corrected chi connectivity index (χ4v) is 0.588. The van der Waals surface area contributed by atoms with Crippen molar-refractivity contribution in [2.45, 2.75) is 27.7 Å². The smallest absolute Gasteiger partial charge is 0.407 e. The number of hydrogen-bond donors (Lipinski definition) is 2. The van der Waals surface area contributed by atoms with Crippen LogP contribution in [0.25, 0.3) is 0 Å². The molecule has 0 heterocycles. The summed E-state index contributed by atoms with van der Waals surface area (Å²) in [6.45, 7) is 10.5. The van der Waals surface area contributed by atoms with Crippen molar-refractivity contribution in [3.63, 3.8) is 0 Å². The lowest BCUT2D eigenvalue weighted by molar-refractivity contribution is 0.147. The minimum atomic E-state index is -0.342. The number of amides is 1. The standard InChI is InChI=1S/C7H16N2O2.C2H6/c1-3-8-5-6-11-7(10)9-4-2;1-2/h8H,3-6H2,1-2H3,(H,9,10);1-2H3. The van der Waals surface area contributed by atoms with Crippen LogP contribution in [-0.4, -0.2) is 32.3 Å². The van der Waals surface area contributed by atoms with Gasteiger partial charge in [-0.3, -0.25) is 0 Å². The number of alkyl carbamates (subject to hydrolysis) is 1. The van der Waals surface area contributed by atoms with Gasteiger partial charge in [0.25, 0.3) is 0 Å². The van der Waals surface area contributed by atoms with Gasteiger partial charge in [-0.1, -0.05) is 20.8 Å². The summed E-state index contributed by atoms with van der Waals surface area (Å²) in [7, 11) is 0. The van der Waals surface area contributed by atoms with Crippen molar-refractivity contribution in [1.82, 2.24) is 10.6 Å². The number of rotatable bonds is 5. The van der Waals surface area contributed by atoms with Crippen molar-refractivity contribution in [1.29, 1.82) is 0 Å². The minimum absolute atomic E-state index is 0.342. The molecule has 1 amide bonds. The summed E-state index contributed by atoms with van der Waals surface area (Å²) in [5.41, 5.74) is 0. The average molecular weight is 190 g/mol. The van der Waals surface area contributed by atoms with Gasteiger partial charge in [-0.15, -0.1) is 0 Å². The van der Waals surface area contributed by atoms with Gasteiger partial charge in [-0.2, -0.15) is 0 Å². The second kappa shape index (κ2) is 13.8. The molecular formula is C9H22N2O2. The van der Waals surface area contributed by atoms with Gasteiger partial charge in [-0.25, -0.2) is 4.79 Å². The maximum Gasteiger partial charge on any atom is 0.407 e. The first-order chi connectivity index (χ1) is 6.31. The molecule has 0 aromatic rings. The maximum atomic E-state index is 10.6. The number of likely N-dealkylation sites (N-methyl/N-ethyl adjacent to an activating group) is 1. The van der Waals surface area contributed by atoms with Crippen LogP contribution in [0.3, 0.4) is 0 Å². The molecule has 0 aliphatic rings. The molecule has 0 aromatic heterocycles. The summed E-state index contributed by atoms with van der Waals surface area (Å²) < 4.78 is 4.77. The summed E-state index contributed by atoms with van der Waals surface area (Å²) in [5, 5.41) is 5.57. The zero-order chi connectivity index (χ0) is 10.5. The summed E-state index contributed by atoms with van der Waals surface area (Å²) in [6.07, 6.45) is -0.342. The highest BCUT2D eigenvalue weighted by Crippen LogP contribution is 1.74. The highest BCUT2D eigenvalue weighted by Gasteiger charge is 1.96. The lowest BCUT2D eigenvalue weighted by atomic mass is 10.6. The zero-order valence-corrected chi connectivity index (χ0v) is 9.14. The Morgan fingerprint density at radius 3 is 2.31 bits per heavy atom. The molecule has 0 saturated carbocycles. The molecule has 13 heavy (non-hydrogen) atoms. The van der Waals surface area contributed by atoms with Gasteiger partial charge in [0, 0.05) is 13.1 Å². The van der Waals surface area contributed by atoms with E-state index in [-0.39, 0.29) is 6.09 Å². The Balaban J connectivity index is 0. The summed E-state index contributed by atoms with van der Waals surface area (Å²) in [5.74, 6) is 0. The van der Waals surface area contributed by atoms with Gasteiger partial charge in [-0.05, 0) is 13.5 Å². The first-order valence-corrected chi connectivity index (χ1v) is 4.92. The van der Waals surface area contributed by atoms with Crippen LogP contribution in [0.5, 0.6) is 0 Å². The van der Waals surface area contributed by atoms with Crippen LogP contribution >= 0.6 is 0 Å². The molecule has 4 nitrogen and oxygen atoms in total. The van der Waals surface area contributed by atoms with Gasteiger partial charge in [0.2, 0.25) is 0 Å². The van der Waals surface area contributed by atoms with Crippen molar-refractivity contribution >= 4 is 6.09 Å². The molecule has 0 aliphatic heterocycles. The fourth-order valence-electron chi connectivity index (χ4n) is 0.588. The molecule has 4 heteroatoms. The Morgan fingerprint density at radius 1 is 1.23 bits per heavy atom. The molecular weight excluding hydrogens is 168 g/mol. The predicted molar refractivity (Wildman–Crippen MR) is 54.9 cm³/mol. The number of hydrogen-bond acceptors (Lipinski definition) is 3. The van der Waals surface area contributed by atoms with Crippen molar-refractivity contribution < 1.29 is 9.53 Å². The van der Waals surface area contributed by atoms with Crippen molar-refractivity contribution in [2.75, 3.05) is 26.2 Å². The van der Waals surface area contributed by atoms with Gasteiger partial charge in [0.15, 0.2) is 0 Å². The molecule has 0 fully saturated rings. The van der Waals surface area contributed by atoms with Crippen molar-refractivity contribution in [2.24, 2.45) is 0 Å². The fraction of sp³-hybridized carbons (Fsp3) is 0.889. The highest BCUT2D eigenvalue weighted by molar-refractivity contribution is 5.66. The quantitative estimate of drug-likeness (QED) is 0.644. The lowest BCUT2D eigenvalue weighted by Crippen LogP contribution is -2.27. The molecule has 0 aromatic carbocycles. The minimum Gasteiger partial charge on any atom is -0.448 e. The number of ether oxygens (including phenoxy) is 1. The van der Waals surface area contributed by atoms with E-state index < -0.39 is 0 Å². The van der Waals surface area contributed by atoms with E-state index >= 15 is 0 Å². The third-order valence-corrected chi connectivity index (χ3v) is 1.08. The van der Waals surface area contributed by atoms with Crippen LogP contribution in [0.4, 0.5) is 4.79 Å². The molecule has 80 valence electrons. The van der Waals surface area contributed by atoms with E-state index in [0.29, 0.717) is 19.7 Å². The molecule has 0 saturated heterocycles. The van der Waals surface area contributed by atoms with Crippen LogP contribution in [0.15, 0.2) is 0 Å². The third kappa shape index (κ3) is 14.1. The van der Waals surface area contributed by atoms with Crippen molar-refractivity contribution in [3.8, 4) is 0 Å². The van der Waals surface area contributed by atoms with E-state index in [1.807, 2.05) is 27.7 Å². The maximum absolute atomic E-state index is 10.6. The summed E-state index contributed by atoms with van der Waals surface area (Å²) in [6, 6.07) is 0. The van der Waals surface area contributed by atoms with E-state index in [9.17, 15) is 4.79 Å². The lowest BCUT2D eigenvalue weighted by Gasteiger charge is -2.04. The van der Waals surface area contributed by atoms with E-state index in [1.165, 1.54) is 0 Å². The van der Waals surface area contributed by atoms with E-state index in [4.69, 9.17) is 4.74 Å². The molecule has 0 atom stereocenters. The van der Waals surface area contributed by atoms with Crippen LogP contribution in [0.1, 0.15) is 27.7 Å². The Bertz CT molecular complexity index is 108. The SMILES string of the molecule is CC.CCNCCOC(=O)NCC. The average Bonchev–Trinajstić information content (AvgIpc) is 2.16. The van der Waals surface area contributed by atoms with Crippen LogP contribution < -0.4 is 10.6 Å². The van der Waals surface area contributed by atoms with Gasteiger partial charge in [0.05, 0.1) is 0 Å². The van der Waals surface area contributed by atoms with E-state index in [2.05, 4.69) is 10.6 Å². The number of nitrogens with one attached hydrogen (secondary N) is 2. The first-order valence-electron chi connectivity index (χ1n) is 4.92. The molecule has 0 spiro atoms. The Morgan fingerprint density at radius 2 is 1.85 bits per heavy atom. The monoisotopic (exact) mass is 190 g/mol. The third-order valence-electron chi connectivity index (χ3n) is 1.08. The largest absolute Gasteiger partial charge is 0.448 e. The summed E-state index contributed by atoms with van der Waals surface area (Å²) in [4.78, 5) is 10.6. The second-order valence-corrected chi connectivity index (χ2v) is 2.02. The van der Waals surface area contributed by atoms with Gasteiger partial charge in [0.1, 0.15) is 6.61 Å². The Labute approximate surface area is 81.0 Å². The van der Waals surface area contributed by atoms with Gasteiger partial charge < -0.3 is 15.4 Å². The number of carbonyl (C=O) groups is 1. The first kappa shape index (κ1) is 14.7. The Hall–Kier alpha value is -0.770. The predicted octanol–water partition coefficient (Wildman–Crippen LogP) is 1.37.